The first kappa shape index (κ1) is 11.1. The van der Waals surface area contributed by atoms with E-state index in [-0.39, 0.29) is 0 Å². The van der Waals surface area contributed by atoms with Crippen molar-refractivity contribution in [3.8, 4) is 11.4 Å². The summed E-state index contributed by atoms with van der Waals surface area (Å²) in [5, 5.41) is 4.35. The first-order valence-corrected chi connectivity index (χ1v) is 5.32. The lowest BCUT2D eigenvalue weighted by Crippen LogP contribution is -1.97. The van der Waals surface area contributed by atoms with E-state index in [1.165, 1.54) is 0 Å². The minimum Gasteiger partial charge on any atom is -0.361 e. The SMILES string of the molecule is Cc1nc(-c2c(C)noc2C)nc(Cl)c1C. The van der Waals surface area contributed by atoms with Crippen molar-refractivity contribution >= 4 is 11.6 Å². The van der Waals surface area contributed by atoms with Gasteiger partial charge in [0, 0.05) is 11.3 Å². The third-order valence-corrected chi connectivity index (χ3v) is 2.95. The van der Waals surface area contributed by atoms with Gasteiger partial charge in [0.05, 0.1) is 11.3 Å². The van der Waals surface area contributed by atoms with Crippen molar-refractivity contribution in [2.45, 2.75) is 27.7 Å². The molecule has 84 valence electrons. The molecule has 0 bridgehead atoms. The van der Waals surface area contributed by atoms with E-state index in [0.717, 1.165) is 22.5 Å². The average molecular weight is 238 g/mol. The van der Waals surface area contributed by atoms with Crippen LogP contribution in [-0.2, 0) is 0 Å². The molecule has 0 aliphatic heterocycles. The highest BCUT2D eigenvalue weighted by Gasteiger charge is 2.16. The van der Waals surface area contributed by atoms with E-state index in [4.69, 9.17) is 16.1 Å². The molecule has 0 atom stereocenters. The number of halogens is 1. The van der Waals surface area contributed by atoms with E-state index in [2.05, 4.69) is 15.1 Å². The minimum absolute atomic E-state index is 0.475. The van der Waals surface area contributed by atoms with Gasteiger partial charge in [-0.05, 0) is 27.7 Å². The molecule has 2 aromatic heterocycles. The van der Waals surface area contributed by atoms with E-state index in [1.54, 1.807) is 0 Å². The molecule has 0 N–H and O–H groups in total. The average Bonchev–Trinajstić information content (AvgIpc) is 2.54. The van der Waals surface area contributed by atoms with Gasteiger partial charge in [0.25, 0.3) is 0 Å². The molecule has 0 amide bonds. The first-order chi connectivity index (χ1) is 7.50. The van der Waals surface area contributed by atoms with Crippen LogP contribution < -0.4 is 0 Å². The van der Waals surface area contributed by atoms with Gasteiger partial charge in [-0.2, -0.15) is 0 Å². The maximum absolute atomic E-state index is 6.04. The van der Waals surface area contributed by atoms with E-state index in [9.17, 15) is 0 Å². The zero-order chi connectivity index (χ0) is 11.9. The Bertz CT molecular complexity index is 506. The molecule has 0 aliphatic rings. The number of aryl methyl sites for hydroxylation is 3. The number of nitrogens with zero attached hydrogens (tertiary/aromatic N) is 3. The lowest BCUT2D eigenvalue weighted by atomic mass is 10.2. The molecule has 0 saturated carbocycles. The summed E-state index contributed by atoms with van der Waals surface area (Å²) in [5.74, 6) is 1.28. The second-order valence-electron chi connectivity index (χ2n) is 3.75. The van der Waals surface area contributed by atoms with Crippen LogP contribution in [0.5, 0.6) is 0 Å². The Morgan fingerprint density at radius 2 is 1.69 bits per heavy atom. The Labute approximate surface area is 98.7 Å². The molecule has 4 nitrogen and oxygen atoms in total. The molecule has 16 heavy (non-hydrogen) atoms. The number of hydrogen-bond acceptors (Lipinski definition) is 4. The summed E-state index contributed by atoms with van der Waals surface area (Å²) in [6, 6.07) is 0. The molecule has 2 heterocycles. The normalized spacial score (nSPS) is 10.8. The number of aromatic nitrogens is 3. The molecule has 0 saturated heterocycles. The topological polar surface area (TPSA) is 51.8 Å². The third-order valence-electron chi connectivity index (χ3n) is 2.59. The van der Waals surface area contributed by atoms with Gasteiger partial charge < -0.3 is 4.52 Å². The lowest BCUT2D eigenvalue weighted by molar-refractivity contribution is 0.393. The highest BCUT2D eigenvalue weighted by atomic mass is 35.5. The molecular weight excluding hydrogens is 226 g/mol. The van der Waals surface area contributed by atoms with Gasteiger partial charge in [-0.3, -0.25) is 0 Å². The summed E-state index contributed by atoms with van der Waals surface area (Å²) < 4.78 is 5.09. The van der Waals surface area contributed by atoms with Crippen molar-refractivity contribution in [2.24, 2.45) is 0 Å². The van der Waals surface area contributed by atoms with Crippen LogP contribution in [0.3, 0.4) is 0 Å². The molecule has 0 spiro atoms. The van der Waals surface area contributed by atoms with Crippen molar-refractivity contribution in [2.75, 3.05) is 0 Å². The van der Waals surface area contributed by atoms with Gasteiger partial charge >= 0.3 is 0 Å². The van der Waals surface area contributed by atoms with E-state index in [0.29, 0.717) is 16.7 Å². The predicted octanol–water partition coefficient (Wildman–Crippen LogP) is 3.02. The predicted molar refractivity (Wildman–Crippen MR) is 61.5 cm³/mol. The summed E-state index contributed by atoms with van der Waals surface area (Å²) in [5.41, 5.74) is 3.37. The maximum Gasteiger partial charge on any atom is 0.166 e. The maximum atomic E-state index is 6.04. The summed E-state index contributed by atoms with van der Waals surface area (Å²) in [4.78, 5) is 8.65. The van der Waals surface area contributed by atoms with Crippen molar-refractivity contribution in [1.29, 1.82) is 0 Å². The van der Waals surface area contributed by atoms with Crippen molar-refractivity contribution in [3.63, 3.8) is 0 Å². The summed E-state index contributed by atoms with van der Waals surface area (Å²) in [6.07, 6.45) is 0. The van der Waals surface area contributed by atoms with Crippen LogP contribution in [-0.4, -0.2) is 15.1 Å². The van der Waals surface area contributed by atoms with Crippen LogP contribution in [0.2, 0.25) is 5.15 Å². The monoisotopic (exact) mass is 237 g/mol. The lowest BCUT2D eigenvalue weighted by Gasteiger charge is -2.05. The van der Waals surface area contributed by atoms with Crippen molar-refractivity contribution in [1.82, 2.24) is 15.1 Å². The van der Waals surface area contributed by atoms with Gasteiger partial charge in [0.15, 0.2) is 5.82 Å². The van der Waals surface area contributed by atoms with Gasteiger partial charge in [-0.15, -0.1) is 0 Å². The molecule has 2 aromatic rings. The fourth-order valence-corrected chi connectivity index (χ4v) is 1.72. The van der Waals surface area contributed by atoms with Crippen LogP contribution in [0.25, 0.3) is 11.4 Å². The molecule has 5 heteroatoms. The van der Waals surface area contributed by atoms with Crippen LogP contribution in [0.4, 0.5) is 0 Å². The standard InChI is InChI=1S/C11H12ClN3O/c1-5-6(2)13-11(14-10(5)12)9-7(3)15-16-8(9)4/h1-4H3. The molecule has 0 fully saturated rings. The summed E-state index contributed by atoms with van der Waals surface area (Å²) >= 11 is 6.04. The molecule has 0 aromatic carbocycles. The smallest absolute Gasteiger partial charge is 0.166 e. The van der Waals surface area contributed by atoms with Crippen LogP contribution >= 0.6 is 11.6 Å². The third kappa shape index (κ3) is 1.69. The second kappa shape index (κ2) is 3.87. The molecule has 0 unspecified atom stereocenters. The van der Waals surface area contributed by atoms with Crippen molar-refractivity contribution in [3.05, 3.63) is 27.9 Å². The van der Waals surface area contributed by atoms with E-state index in [1.807, 2.05) is 27.7 Å². The first-order valence-electron chi connectivity index (χ1n) is 4.94. The van der Waals surface area contributed by atoms with Crippen LogP contribution in [0.15, 0.2) is 4.52 Å². The zero-order valence-corrected chi connectivity index (χ0v) is 10.4. The van der Waals surface area contributed by atoms with Crippen molar-refractivity contribution < 1.29 is 4.52 Å². The Morgan fingerprint density at radius 1 is 1.00 bits per heavy atom. The summed E-state index contributed by atoms with van der Waals surface area (Å²) in [6.45, 7) is 7.50. The fourth-order valence-electron chi connectivity index (χ4n) is 1.51. The van der Waals surface area contributed by atoms with Crippen LogP contribution in [0.1, 0.15) is 22.7 Å². The molecule has 0 aliphatic carbocycles. The molecular formula is C11H12ClN3O. The second-order valence-corrected chi connectivity index (χ2v) is 4.11. The van der Waals surface area contributed by atoms with E-state index >= 15 is 0 Å². The molecule has 0 radical (unpaired) electrons. The van der Waals surface area contributed by atoms with Crippen LogP contribution in [0, 0.1) is 27.7 Å². The minimum atomic E-state index is 0.475. The Hall–Kier alpha value is -1.42. The highest BCUT2D eigenvalue weighted by Crippen LogP contribution is 2.26. The Morgan fingerprint density at radius 3 is 2.19 bits per heavy atom. The van der Waals surface area contributed by atoms with Gasteiger partial charge in [-0.25, -0.2) is 9.97 Å². The van der Waals surface area contributed by atoms with Gasteiger partial charge in [0.2, 0.25) is 0 Å². The van der Waals surface area contributed by atoms with Gasteiger partial charge in [-0.1, -0.05) is 16.8 Å². The number of hydrogen-bond donors (Lipinski definition) is 0. The quantitative estimate of drug-likeness (QED) is 0.716. The molecule has 2 rings (SSSR count). The Balaban J connectivity index is 2.66. The fraction of sp³-hybridized carbons (Fsp3) is 0.364. The highest BCUT2D eigenvalue weighted by molar-refractivity contribution is 6.30. The largest absolute Gasteiger partial charge is 0.361 e. The Kier molecular flexibility index (Phi) is 2.68. The van der Waals surface area contributed by atoms with Gasteiger partial charge in [0.1, 0.15) is 10.9 Å². The van der Waals surface area contributed by atoms with E-state index < -0.39 is 0 Å². The number of rotatable bonds is 1. The summed E-state index contributed by atoms with van der Waals surface area (Å²) in [7, 11) is 0. The zero-order valence-electron chi connectivity index (χ0n) is 9.63.